The molecule has 2 atom stereocenters. The van der Waals surface area contributed by atoms with E-state index in [-0.39, 0.29) is 16.4 Å². The molecule has 1 aromatic heterocycles. The van der Waals surface area contributed by atoms with Crippen LogP contribution in [0, 0.1) is 0 Å². The molecule has 4 aromatic rings. The van der Waals surface area contributed by atoms with Crippen molar-refractivity contribution in [3.8, 4) is 0 Å². The van der Waals surface area contributed by atoms with Gasteiger partial charge in [0.05, 0.1) is 28.3 Å². The number of nitrogens with zero attached hydrogens (tertiary/aromatic N) is 1. The summed E-state index contributed by atoms with van der Waals surface area (Å²) in [7, 11) is 0. The summed E-state index contributed by atoms with van der Waals surface area (Å²) in [5.74, 6) is 0. The molecule has 0 radical (unpaired) electrons. The number of hydrogen-bond acceptors (Lipinski definition) is 4. The monoisotopic (exact) mass is 527 g/mol. The third-order valence-electron chi connectivity index (χ3n) is 5.02. The van der Waals surface area contributed by atoms with E-state index < -0.39 is 0 Å². The topological polar surface area (TPSA) is 57.2 Å². The quantitative estimate of drug-likeness (QED) is 0.140. The second kappa shape index (κ2) is 8.92. The summed E-state index contributed by atoms with van der Waals surface area (Å²) in [5.41, 5.74) is 6.76. The highest BCUT2D eigenvalue weighted by atomic mass is 79.9. The van der Waals surface area contributed by atoms with Gasteiger partial charge < -0.3 is 15.7 Å². The second-order valence-electron chi connectivity index (χ2n) is 7.29. The van der Waals surface area contributed by atoms with Crippen LogP contribution in [0.25, 0.3) is 21.8 Å². The lowest BCUT2D eigenvalue weighted by atomic mass is 10.0. The Kier molecular flexibility index (Phi) is 6.27. The second-order valence-corrected chi connectivity index (χ2v) is 10.0. The number of nitrogens with one attached hydrogen (secondary N) is 2. The highest BCUT2D eigenvalue weighted by molar-refractivity contribution is 9.09. The van der Waals surface area contributed by atoms with E-state index in [2.05, 4.69) is 61.5 Å². The number of aliphatic hydroxyl groups excluding tert-OH is 1. The smallest absolute Gasteiger partial charge is 0.0789 e. The summed E-state index contributed by atoms with van der Waals surface area (Å²) in [6, 6.07) is 20.3. The number of alkyl halides is 2. The van der Waals surface area contributed by atoms with Crippen LogP contribution in [0.4, 0.5) is 17.1 Å². The summed E-state index contributed by atoms with van der Waals surface area (Å²) in [6.07, 6.45) is 0. The number of anilines is 3. The lowest BCUT2D eigenvalue weighted by Crippen LogP contribution is -2.11. The number of halogens is 2. The van der Waals surface area contributed by atoms with Gasteiger partial charge in [-0.2, -0.15) is 0 Å². The van der Waals surface area contributed by atoms with Gasteiger partial charge in [0.1, 0.15) is 0 Å². The lowest BCUT2D eigenvalue weighted by molar-refractivity contribution is 0.282. The zero-order valence-corrected chi connectivity index (χ0v) is 20.0. The fraction of sp³-hybridized carbons (Fsp3) is 0.208. The van der Waals surface area contributed by atoms with E-state index in [4.69, 9.17) is 4.98 Å². The van der Waals surface area contributed by atoms with Crippen LogP contribution in [0.15, 0.2) is 60.7 Å². The van der Waals surface area contributed by atoms with E-state index in [9.17, 15) is 5.11 Å². The molecular weight excluding hydrogens is 506 g/mol. The Morgan fingerprint density at radius 3 is 2.00 bits per heavy atom. The molecule has 0 aliphatic heterocycles. The first-order chi connectivity index (χ1) is 14.5. The van der Waals surface area contributed by atoms with Gasteiger partial charge in [-0.15, -0.1) is 0 Å². The van der Waals surface area contributed by atoms with Crippen LogP contribution in [0.5, 0.6) is 0 Å². The summed E-state index contributed by atoms with van der Waals surface area (Å²) in [5, 5.41) is 19.1. The number of rotatable bonds is 6. The van der Waals surface area contributed by atoms with Gasteiger partial charge in [-0.05, 0) is 43.7 Å². The number of pyridine rings is 1. The number of benzene rings is 3. The standard InChI is InChI=1S/C24H23Br2N3O/c1-14(25)23-21(27-15(2)26)11-16(13-30)12-22(23)29-24-17-7-3-5-9-19(17)28-20-10-6-4-8-18(20)24/h3-12,14-15,27,30H,13H2,1-2H3,(H,28,29). The van der Waals surface area contributed by atoms with Crippen molar-refractivity contribution in [2.24, 2.45) is 0 Å². The maximum atomic E-state index is 9.87. The zero-order valence-electron chi connectivity index (χ0n) is 16.8. The molecule has 0 spiro atoms. The zero-order chi connectivity index (χ0) is 21.3. The SMILES string of the molecule is CC(Br)Nc1cc(CO)cc(Nc2c3ccccc3nc3ccccc23)c1C(C)Br. The van der Waals surface area contributed by atoms with Crippen LogP contribution in [0.3, 0.4) is 0 Å². The molecule has 3 N–H and O–H groups in total. The van der Waals surface area contributed by atoms with Gasteiger partial charge in [-0.25, -0.2) is 4.98 Å². The van der Waals surface area contributed by atoms with E-state index in [1.165, 1.54) is 0 Å². The van der Waals surface area contributed by atoms with E-state index in [0.29, 0.717) is 0 Å². The van der Waals surface area contributed by atoms with E-state index in [1.54, 1.807) is 0 Å². The first-order valence-electron chi connectivity index (χ1n) is 9.84. The molecule has 0 saturated heterocycles. The largest absolute Gasteiger partial charge is 0.392 e. The minimum atomic E-state index is -0.0329. The van der Waals surface area contributed by atoms with Crippen LogP contribution in [0.2, 0.25) is 0 Å². The fourth-order valence-electron chi connectivity index (χ4n) is 3.78. The molecule has 2 unspecified atom stereocenters. The van der Waals surface area contributed by atoms with Crippen molar-refractivity contribution in [3.63, 3.8) is 0 Å². The molecule has 0 aliphatic carbocycles. The molecule has 30 heavy (non-hydrogen) atoms. The van der Waals surface area contributed by atoms with Gasteiger partial charge in [-0.1, -0.05) is 68.3 Å². The van der Waals surface area contributed by atoms with E-state index in [1.807, 2.05) is 55.5 Å². The van der Waals surface area contributed by atoms with Gasteiger partial charge in [0.15, 0.2) is 0 Å². The normalized spacial score (nSPS) is 13.4. The molecule has 0 amide bonds. The number of para-hydroxylation sites is 2. The Labute approximate surface area is 193 Å². The third-order valence-corrected chi connectivity index (χ3v) is 5.71. The Bertz CT molecular complexity index is 1150. The van der Waals surface area contributed by atoms with Crippen LogP contribution in [0.1, 0.15) is 29.8 Å². The fourth-order valence-corrected chi connectivity index (χ4v) is 4.52. The summed E-state index contributed by atoms with van der Waals surface area (Å²) in [4.78, 5) is 5.01. The molecule has 0 saturated carbocycles. The van der Waals surface area contributed by atoms with E-state index in [0.717, 1.165) is 50.0 Å². The average molecular weight is 529 g/mol. The molecule has 4 nitrogen and oxygen atoms in total. The molecule has 4 rings (SSSR count). The lowest BCUT2D eigenvalue weighted by Gasteiger charge is -2.23. The Morgan fingerprint density at radius 1 is 0.900 bits per heavy atom. The maximum Gasteiger partial charge on any atom is 0.0789 e. The predicted octanol–water partition coefficient (Wildman–Crippen LogP) is 7.23. The first kappa shape index (κ1) is 21.1. The minimum Gasteiger partial charge on any atom is -0.392 e. The highest BCUT2D eigenvalue weighted by Gasteiger charge is 2.18. The van der Waals surface area contributed by atoms with Crippen LogP contribution >= 0.6 is 31.9 Å². The van der Waals surface area contributed by atoms with Crippen LogP contribution in [-0.4, -0.2) is 15.0 Å². The van der Waals surface area contributed by atoms with Crippen molar-refractivity contribution in [2.45, 2.75) is 30.2 Å². The predicted molar refractivity (Wildman–Crippen MR) is 134 cm³/mol. The van der Waals surface area contributed by atoms with Gasteiger partial charge in [-0.3, -0.25) is 0 Å². The molecule has 154 valence electrons. The van der Waals surface area contributed by atoms with Gasteiger partial charge in [0.2, 0.25) is 0 Å². The summed E-state index contributed by atoms with van der Waals surface area (Å²) < 4.78 is 0. The van der Waals surface area contributed by atoms with E-state index >= 15 is 0 Å². The van der Waals surface area contributed by atoms with Gasteiger partial charge in [0.25, 0.3) is 0 Å². The maximum absolute atomic E-state index is 9.87. The van der Waals surface area contributed by atoms with Crippen LogP contribution < -0.4 is 10.6 Å². The Hall–Kier alpha value is -2.15. The van der Waals surface area contributed by atoms with Crippen molar-refractivity contribution < 1.29 is 5.11 Å². The molecule has 0 bridgehead atoms. The molecule has 0 fully saturated rings. The Morgan fingerprint density at radius 2 is 1.47 bits per heavy atom. The number of fused-ring (bicyclic) bond motifs is 2. The molecule has 3 aromatic carbocycles. The first-order valence-corrected chi connectivity index (χ1v) is 11.7. The highest BCUT2D eigenvalue weighted by Crippen LogP contribution is 2.41. The van der Waals surface area contributed by atoms with Gasteiger partial charge in [0, 0.05) is 32.5 Å². The van der Waals surface area contributed by atoms with Crippen molar-refractivity contribution in [3.05, 3.63) is 71.8 Å². The molecule has 1 heterocycles. The third kappa shape index (κ3) is 4.17. The number of aromatic nitrogens is 1. The van der Waals surface area contributed by atoms with Crippen molar-refractivity contribution in [1.29, 1.82) is 0 Å². The average Bonchev–Trinajstić information content (AvgIpc) is 2.72. The number of hydrogen-bond donors (Lipinski definition) is 3. The van der Waals surface area contributed by atoms with Crippen molar-refractivity contribution >= 4 is 70.7 Å². The molecule has 0 aliphatic rings. The summed E-state index contributed by atoms with van der Waals surface area (Å²) in [6.45, 7) is 4.10. The van der Waals surface area contributed by atoms with Gasteiger partial charge >= 0.3 is 0 Å². The van der Waals surface area contributed by atoms with Crippen molar-refractivity contribution in [2.75, 3.05) is 10.6 Å². The number of aliphatic hydroxyl groups is 1. The summed E-state index contributed by atoms with van der Waals surface area (Å²) >= 11 is 7.34. The Balaban J connectivity index is 1.97. The molecule has 6 heteroatoms. The molecular formula is C24H23Br2N3O. The minimum absolute atomic E-state index is 0.0329. The van der Waals surface area contributed by atoms with Crippen LogP contribution in [-0.2, 0) is 6.61 Å². The van der Waals surface area contributed by atoms with Crippen molar-refractivity contribution in [1.82, 2.24) is 4.98 Å².